The molecule has 0 unspecified atom stereocenters. The Morgan fingerprint density at radius 3 is 2.32 bits per heavy atom. The van der Waals surface area contributed by atoms with Crippen LogP contribution < -0.4 is 14.2 Å². The van der Waals surface area contributed by atoms with Gasteiger partial charge in [-0.2, -0.15) is 0 Å². The van der Waals surface area contributed by atoms with Crippen molar-refractivity contribution in [1.82, 2.24) is 0 Å². The SMILES string of the molecule is COCOc1ccc(/C=C2\Cc3cccc(OCc4ccc(OC)cc4)c3C2=O)cc1. The standard InChI is InChI=1S/C26H24O5/c1-28-17-31-23-12-6-18(7-13-23)14-21-15-20-4-3-5-24(25(20)26(21)27)30-16-19-8-10-22(29-2)11-9-19/h3-14H,15-17H2,1-2H3/b21-14+. The van der Waals surface area contributed by atoms with E-state index < -0.39 is 0 Å². The fraction of sp³-hybridized carbons (Fsp3) is 0.192. The fourth-order valence-electron chi connectivity index (χ4n) is 3.54. The van der Waals surface area contributed by atoms with Gasteiger partial charge in [-0.05, 0) is 53.1 Å². The first-order valence-electron chi connectivity index (χ1n) is 10.0. The molecule has 0 atom stereocenters. The molecule has 5 nitrogen and oxygen atoms in total. The lowest BCUT2D eigenvalue weighted by molar-refractivity contribution is 0.0511. The van der Waals surface area contributed by atoms with Crippen LogP contribution in [0, 0.1) is 0 Å². The summed E-state index contributed by atoms with van der Waals surface area (Å²) in [7, 11) is 3.22. The number of methoxy groups -OCH3 is 2. The highest BCUT2D eigenvalue weighted by Gasteiger charge is 2.28. The predicted octanol–water partition coefficient (Wildman–Crippen LogP) is 5.08. The van der Waals surface area contributed by atoms with Crippen molar-refractivity contribution < 1.29 is 23.7 Å². The zero-order valence-electron chi connectivity index (χ0n) is 17.6. The number of carbonyl (C=O) groups is 1. The van der Waals surface area contributed by atoms with E-state index in [1.165, 1.54) is 0 Å². The predicted molar refractivity (Wildman–Crippen MR) is 119 cm³/mol. The third-order valence-electron chi connectivity index (χ3n) is 5.13. The van der Waals surface area contributed by atoms with E-state index >= 15 is 0 Å². The normalized spacial score (nSPS) is 13.9. The van der Waals surface area contributed by atoms with Crippen molar-refractivity contribution in [3.05, 3.63) is 94.6 Å². The van der Waals surface area contributed by atoms with Crippen molar-refractivity contribution in [2.24, 2.45) is 0 Å². The van der Waals surface area contributed by atoms with Gasteiger partial charge >= 0.3 is 0 Å². The number of rotatable bonds is 8. The van der Waals surface area contributed by atoms with E-state index in [-0.39, 0.29) is 12.6 Å². The lowest BCUT2D eigenvalue weighted by Gasteiger charge is -2.10. The van der Waals surface area contributed by atoms with E-state index in [9.17, 15) is 4.79 Å². The monoisotopic (exact) mass is 416 g/mol. The van der Waals surface area contributed by atoms with Crippen LogP contribution in [0.4, 0.5) is 0 Å². The highest BCUT2D eigenvalue weighted by atomic mass is 16.7. The lowest BCUT2D eigenvalue weighted by atomic mass is 10.1. The van der Waals surface area contributed by atoms with Crippen LogP contribution in [0.15, 0.2) is 72.3 Å². The second-order valence-electron chi connectivity index (χ2n) is 7.22. The first-order chi connectivity index (χ1) is 15.2. The minimum absolute atomic E-state index is 0.0139. The van der Waals surface area contributed by atoms with Gasteiger partial charge in [0.15, 0.2) is 12.6 Å². The Morgan fingerprint density at radius 1 is 0.871 bits per heavy atom. The van der Waals surface area contributed by atoms with Gasteiger partial charge < -0.3 is 18.9 Å². The van der Waals surface area contributed by atoms with Crippen LogP contribution in [-0.4, -0.2) is 26.8 Å². The van der Waals surface area contributed by atoms with Crippen LogP contribution in [0.5, 0.6) is 17.2 Å². The third-order valence-corrected chi connectivity index (χ3v) is 5.13. The molecule has 0 amide bonds. The Kier molecular flexibility index (Phi) is 6.34. The Labute approximate surface area is 181 Å². The number of ketones is 1. The third kappa shape index (κ3) is 4.78. The van der Waals surface area contributed by atoms with Gasteiger partial charge in [-0.15, -0.1) is 0 Å². The molecule has 0 saturated heterocycles. The van der Waals surface area contributed by atoms with E-state index in [0.29, 0.717) is 24.3 Å². The summed E-state index contributed by atoms with van der Waals surface area (Å²) in [5.74, 6) is 2.15. The van der Waals surface area contributed by atoms with Gasteiger partial charge in [-0.3, -0.25) is 4.79 Å². The highest BCUT2D eigenvalue weighted by Crippen LogP contribution is 2.35. The van der Waals surface area contributed by atoms with Crippen molar-refractivity contribution in [2.45, 2.75) is 13.0 Å². The minimum Gasteiger partial charge on any atom is -0.497 e. The molecular formula is C26H24O5. The van der Waals surface area contributed by atoms with Crippen LogP contribution in [0.1, 0.15) is 27.0 Å². The molecule has 0 heterocycles. The minimum atomic E-state index is 0.0139. The molecule has 158 valence electrons. The van der Waals surface area contributed by atoms with E-state index in [1.807, 2.05) is 72.8 Å². The molecule has 1 aliphatic carbocycles. The van der Waals surface area contributed by atoms with Gasteiger partial charge in [-0.1, -0.05) is 36.4 Å². The van der Waals surface area contributed by atoms with Crippen molar-refractivity contribution >= 4 is 11.9 Å². The summed E-state index contributed by atoms with van der Waals surface area (Å²) in [5.41, 5.74) is 4.35. The van der Waals surface area contributed by atoms with Gasteiger partial charge in [0, 0.05) is 19.1 Å². The summed E-state index contributed by atoms with van der Waals surface area (Å²) >= 11 is 0. The molecule has 0 fully saturated rings. The number of benzene rings is 3. The first kappa shape index (κ1) is 20.7. The topological polar surface area (TPSA) is 54.0 Å². The maximum atomic E-state index is 13.1. The van der Waals surface area contributed by atoms with Crippen molar-refractivity contribution in [3.8, 4) is 17.2 Å². The molecule has 0 aromatic heterocycles. The lowest BCUT2D eigenvalue weighted by Crippen LogP contribution is -2.02. The molecule has 0 N–H and O–H groups in total. The molecule has 0 radical (unpaired) electrons. The summed E-state index contributed by atoms with van der Waals surface area (Å²) in [6.45, 7) is 0.587. The number of ether oxygens (including phenoxy) is 4. The summed E-state index contributed by atoms with van der Waals surface area (Å²) in [6.07, 6.45) is 2.52. The Morgan fingerprint density at radius 2 is 1.61 bits per heavy atom. The van der Waals surface area contributed by atoms with E-state index in [0.717, 1.165) is 33.8 Å². The zero-order valence-corrected chi connectivity index (χ0v) is 17.6. The van der Waals surface area contributed by atoms with Gasteiger partial charge in [0.2, 0.25) is 0 Å². The summed E-state index contributed by atoms with van der Waals surface area (Å²) in [6, 6.07) is 21.0. The number of hydrogen-bond acceptors (Lipinski definition) is 5. The second kappa shape index (κ2) is 9.49. The molecule has 5 heteroatoms. The first-order valence-corrected chi connectivity index (χ1v) is 10.0. The molecule has 4 rings (SSSR count). The van der Waals surface area contributed by atoms with Crippen molar-refractivity contribution in [3.63, 3.8) is 0 Å². The average Bonchev–Trinajstić information content (AvgIpc) is 3.13. The molecule has 0 saturated carbocycles. The van der Waals surface area contributed by atoms with Gasteiger partial charge in [0.25, 0.3) is 0 Å². The average molecular weight is 416 g/mol. The van der Waals surface area contributed by atoms with E-state index in [4.69, 9.17) is 18.9 Å². The van der Waals surface area contributed by atoms with Gasteiger partial charge in [0.1, 0.15) is 23.9 Å². The van der Waals surface area contributed by atoms with Gasteiger partial charge in [0.05, 0.1) is 12.7 Å². The molecule has 3 aromatic carbocycles. The molecule has 1 aliphatic rings. The number of fused-ring (bicyclic) bond motifs is 1. The molecular weight excluding hydrogens is 392 g/mol. The molecule has 0 aliphatic heterocycles. The van der Waals surface area contributed by atoms with Crippen LogP contribution in [0.2, 0.25) is 0 Å². The Balaban J connectivity index is 1.49. The van der Waals surface area contributed by atoms with Crippen LogP contribution in [-0.2, 0) is 17.8 Å². The highest BCUT2D eigenvalue weighted by molar-refractivity contribution is 6.17. The van der Waals surface area contributed by atoms with Gasteiger partial charge in [-0.25, -0.2) is 0 Å². The maximum absolute atomic E-state index is 13.1. The quantitative estimate of drug-likeness (QED) is 0.379. The zero-order chi connectivity index (χ0) is 21.6. The second-order valence-corrected chi connectivity index (χ2v) is 7.22. The molecule has 0 spiro atoms. The number of Topliss-reactive ketones (excluding diaryl/α,β-unsaturated/α-hetero) is 1. The van der Waals surface area contributed by atoms with Crippen LogP contribution >= 0.6 is 0 Å². The molecule has 31 heavy (non-hydrogen) atoms. The smallest absolute Gasteiger partial charge is 0.193 e. The van der Waals surface area contributed by atoms with Crippen molar-refractivity contribution in [1.29, 1.82) is 0 Å². The number of allylic oxidation sites excluding steroid dienone is 1. The molecule has 0 bridgehead atoms. The number of carbonyl (C=O) groups excluding carboxylic acids is 1. The summed E-state index contributed by atoms with van der Waals surface area (Å²) < 4.78 is 21.5. The maximum Gasteiger partial charge on any atom is 0.193 e. The largest absolute Gasteiger partial charge is 0.497 e. The van der Waals surface area contributed by atoms with Crippen LogP contribution in [0.25, 0.3) is 6.08 Å². The van der Waals surface area contributed by atoms with E-state index in [2.05, 4.69) is 0 Å². The summed E-state index contributed by atoms with van der Waals surface area (Å²) in [4.78, 5) is 13.1. The number of hydrogen-bond donors (Lipinski definition) is 0. The van der Waals surface area contributed by atoms with Crippen molar-refractivity contribution in [2.75, 3.05) is 21.0 Å². The van der Waals surface area contributed by atoms with Crippen LogP contribution in [0.3, 0.4) is 0 Å². The van der Waals surface area contributed by atoms with E-state index in [1.54, 1.807) is 14.2 Å². The molecule has 3 aromatic rings. The summed E-state index contributed by atoms with van der Waals surface area (Å²) in [5, 5.41) is 0. The Hall–Kier alpha value is -3.57. The fourth-order valence-corrected chi connectivity index (χ4v) is 3.54. The Bertz CT molecular complexity index is 1080.